The van der Waals surface area contributed by atoms with E-state index in [1.54, 1.807) is 22.2 Å². The molecule has 0 saturated carbocycles. The second kappa shape index (κ2) is 6.72. The molecule has 0 aromatic carbocycles. The number of amides is 2. The first-order valence-corrected chi connectivity index (χ1v) is 7.55. The summed E-state index contributed by atoms with van der Waals surface area (Å²) in [5.41, 5.74) is 0. The molecule has 2 amide bonds. The first-order valence-electron chi connectivity index (χ1n) is 5.88. The van der Waals surface area contributed by atoms with Crippen LogP contribution in [-0.4, -0.2) is 21.9 Å². The van der Waals surface area contributed by atoms with Crippen molar-refractivity contribution >= 4 is 33.3 Å². The summed E-state index contributed by atoms with van der Waals surface area (Å²) in [5, 5.41) is 11.8. The van der Waals surface area contributed by atoms with Crippen LogP contribution in [0.15, 0.2) is 34.4 Å². The third-order valence-corrected chi connectivity index (χ3v) is 4.14. The lowest BCUT2D eigenvalue weighted by Crippen LogP contribution is -2.42. The molecule has 0 fully saturated rings. The maximum Gasteiger partial charge on any atom is 0.315 e. The van der Waals surface area contributed by atoms with Gasteiger partial charge in [0.2, 0.25) is 0 Å². The number of nitrogens with zero attached hydrogens (tertiary/aromatic N) is 2. The van der Waals surface area contributed by atoms with Crippen LogP contribution in [0.4, 0.5) is 4.79 Å². The van der Waals surface area contributed by atoms with Crippen molar-refractivity contribution in [2.75, 3.05) is 0 Å². The van der Waals surface area contributed by atoms with Gasteiger partial charge in [-0.2, -0.15) is 5.10 Å². The number of aromatic nitrogens is 2. The molecular weight excluding hydrogens is 328 g/mol. The van der Waals surface area contributed by atoms with Crippen molar-refractivity contribution < 1.29 is 4.79 Å². The van der Waals surface area contributed by atoms with Gasteiger partial charge in [0.1, 0.15) is 0 Å². The lowest BCUT2D eigenvalue weighted by Gasteiger charge is -2.14. The molecule has 0 aliphatic carbocycles. The molecule has 2 N–H and O–H groups in total. The fraction of sp³-hybridized carbons (Fsp3) is 0.333. The largest absolute Gasteiger partial charge is 0.334 e. The number of carbonyl (C=O) groups excluding carboxylic acids is 1. The molecule has 1 unspecified atom stereocenters. The Bertz CT molecular complexity index is 526. The van der Waals surface area contributed by atoms with E-state index in [0.29, 0.717) is 13.1 Å². The molecule has 0 saturated heterocycles. The van der Waals surface area contributed by atoms with Gasteiger partial charge in [0.05, 0.1) is 13.1 Å². The zero-order chi connectivity index (χ0) is 13.7. The Morgan fingerprint density at radius 1 is 1.63 bits per heavy atom. The molecule has 0 aliphatic heterocycles. The first-order chi connectivity index (χ1) is 9.13. The van der Waals surface area contributed by atoms with Crippen LogP contribution in [0.3, 0.4) is 0 Å². The van der Waals surface area contributed by atoms with Crippen molar-refractivity contribution in [1.29, 1.82) is 0 Å². The highest BCUT2D eigenvalue weighted by atomic mass is 79.9. The lowest BCUT2D eigenvalue weighted by molar-refractivity contribution is 0.236. The minimum Gasteiger partial charge on any atom is -0.334 e. The maximum absolute atomic E-state index is 11.7. The minimum absolute atomic E-state index is 0.0231. The van der Waals surface area contributed by atoms with E-state index in [9.17, 15) is 4.79 Å². The summed E-state index contributed by atoms with van der Waals surface area (Å²) in [4.78, 5) is 12.8. The van der Waals surface area contributed by atoms with Crippen LogP contribution in [0.5, 0.6) is 0 Å². The topological polar surface area (TPSA) is 59.0 Å². The van der Waals surface area contributed by atoms with Gasteiger partial charge in [-0.25, -0.2) is 4.79 Å². The van der Waals surface area contributed by atoms with Crippen molar-refractivity contribution in [3.05, 3.63) is 39.3 Å². The van der Waals surface area contributed by atoms with E-state index in [1.165, 1.54) is 0 Å². The van der Waals surface area contributed by atoms with E-state index in [1.807, 2.05) is 30.6 Å². The lowest BCUT2D eigenvalue weighted by atomic mass is 10.3. The summed E-state index contributed by atoms with van der Waals surface area (Å²) in [6.45, 7) is 3.14. The van der Waals surface area contributed by atoms with Crippen molar-refractivity contribution in [3.8, 4) is 0 Å². The van der Waals surface area contributed by atoms with E-state index >= 15 is 0 Å². The SMILES string of the molecule is CC(Cn1cccn1)NC(=O)NCc1cc(Br)cs1. The van der Waals surface area contributed by atoms with Crippen LogP contribution < -0.4 is 10.6 Å². The Morgan fingerprint density at radius 2 is 2.47 bits per heavy atom. The second-order valence-corrected chi connectivity index (χ2v) is 6.10. The van der Waals surface area contributed by atoms with Crippen molar-refractivity contribution in [1.82, 2.24) is 20.4 Å². The highest BCUT2D eigenvalue weighted by Crippen LogP contribution is 2.19. The van der Waals surface area contributed by atoms with E-state index < -0.39 is 0 Å². The molecule has 2 heterocycles. The van der Waals surface area contributed by atoms with E-state index in [0.717, 1.165) is 9.35 Å². The fourth-order valence-corrected chi connectivity index (χ4v) is 3.01. The van der Waals surface area contributed by atoms with E-state index in [2.05, 4.69) is 31.7 Å². The average molecular weight is 343 g/mol. The molecule has 2 rings (SSSR count). The Morgan fingerprint density at radius 3 is 3.11 bits per heavy atom. The number of rotatable bonds is 5. The Kier molecular flexibility index (Phi) is 4.98. The van der Waals surface area contributed by atoms with Crippen LogP contribution in [0, 0.1) is 0 Å². The molecule has 0 spiro atoms. The normalized spacial score (nSPS) is 12.1. The molecule has 1 atom stereocenters. The molecule has 2 aromatic rings. The molecule has 7 heteroatoms. The summed E-state index contributed by atoms with van der Waals surface area (Å²) in [6, 6.07) is 3.72. The van der Waals surface area contributed by atoms with Crippen LogP contribution in [0.1, 0.15) is 11.8 Å². The van der Waals surface area contributed by atoms with Crippen LogP contribution >= 0.6 is 27.3 Å². The minimum atomic E-state index is -0.163. The molecule has 0 aliphatic rings. The summed E-state index contributed by atoms with van der Waals surface area (Å²) in [7, 11) is 0. The predicted molar refractivity (Wildman–Crippen MR) is 79.1 cm³/mol. The first kappa shape index (κ1) is 14.1. The number of thiophene rings is 1. The Balaban J connectivity index is 1.71. The molecule has 0 radical (unpaired) electrons. The van der Waals surface area contributed by atoms with Gasteiger partial charge in [-0.15, -0.1) is 11.3 Å². The predicted octanol–water partition coefficient (Wildman–Crippen LogP) is 2.60. The fourth-order valence-electron chi connectivity index (χ4n) is 1.62. The highest BCUT2D eigenvalue weighted by Gasteiger charge is 2.08. The van der Waals surface area contributed by atoms with Crippen molar-refractivity contribution in [2.24, 2.45) is 0 Å². The average Bonchev–Trinajstić information content (AvgIpc) is 2.98. The standard InChI is InChI=1S/C12H15BrN4OS/c1-9(7-17-4-2-3-15-17)16-12(18)14-6-11-5-10(13)8-19-11/h2-5,8-9H,6-7H2,1H3,(H2,14,16,18). The summed E-state index contributed by atoms with van der Waals surface area (Å²) >= 11 is 5.00. The van der Waals surface area contributed by atoms with Gasteiger partial charge in [0.25, 0.3) is 0 Å². The van der Waals surface area contributed by atoms with Gasteiger partial charge in [0, 0.05) is 33.2 Å². The highest BCUT2D eigenvalue weighted by molar-refractivity contribution is 9.10. The zero-order valence-electron chi connectivity index (χ0n) is 10.5. The Hall–Kier alpha value is -1.34. The van der Waals surface area contributed by atoms with Crippen LogP contribution in [0.25, 0.3) is 0 Å². The van der Waals surface area contributed by atoms with Crippen LogP contribution in [-0.2, 0) is 13.1 Å². The number of carbonyl (C=O) groups is 1. The smallest absolute Gasteiger partial charge is 0.315 e. The molecule has 19 heavy (non-hydrogen) atoms. The number of urea groups is 1. The van der Waals surface area contributed by atoms with Crippen LogP contribution in [0.2, 0.25) is 0 Å². The van der Waals surface area contributed by atoms with Gasteiger partial charge in [-0.1, -0.05) is 0 Å². The molecular formula is C12H15BrN4OS. The van der Waals surface area contributed by atoms with Gasteiger partial charge >= 0.3 is 6.03 Å². The summed E-state index contributed by atoms with van der Waals surface area (Å²) in [6.07, 6.45) is 3.60. The Labute approximate surface area is 124 Å². The van der Waals surface area contributed by atoms with Crippen molar-refractivity contribution in [3.63, 3.8) is 0 Å². The zero-order valence-corrected chi connectivity index (χ0v) is 12.9. The van der Waals surface area contributed by atoms with E-state index in [4.69, 9.17) is 0 Å². The summed E-state index contributed by atoms with van der Waals surface area (Å²) < 4.78 is 2.84. The summed E-state index contributed by atoms with van der Waals surface area (Å²) in [5.74, 6) is 0. The number of nitrogens with one attached hydrogen (secondary N) is 2. The number of hydrogen-bond acceptors (Lipinski definition) is 3. The molecule has 2 aromatic heterocycles. The monoisotopic (exact) mass is 342 g/mol. The number of hydrogen-bond donors (Lipinski definition) is 2. The van der Waals surface area contributed by atoms with Gasteiger partial charge in [0.15, 0.2) is 0 Å². The third-order valence-electron chi connectivity index (χ3n) is 2.44. The number of halogens is 1. The van der Waals surface area contributed by atoms with E-state index in [-0.39, 0.29) is 12.1 Å². The van der Waals surface area contributed by atoms with Gasteiger partial charge in [-0.3, -0.25) is 4.68 Å². The quantitative estimate of drug-likeness (QED) is 0.877. The third kappa shape index (κ3) is 4.68. The second-order valence-electron chi connectivity index (χ2n) is 4.19. The molecule has 5 nitrogen and oxygen atoms in total. The van der Waals surface area contributed by atoms with Gasteiger partial charge in [-0.05, 0) is 35.0 Å². The molecule has 0 bridgehead atoms. The van der Waals surface area contributed by atoms with Gasteiger partial charge < -0.3 is 10.6 Å². The van der Waals surface area contributed by atoms with Crippen molar-refractivity contribution in [2.45, 2.75) is 26.1 Å². The molecule has 102 valence electrons. The maximum atomic E-state index is 11.7.